The molecular formula is C24H25N3O5S. The molecule has 4 N–H and O–H groups in total. The maximum atomic E-state index is 12.8. The Balaban J connectivity index is 1.63. The van der Waals surface area contributed by atoms with E-state index in [9.17, 15) is 18.0 Å². The lowest BCUT2D eigenvalue weighted by molar-refractivity contribution is -0.118. The van der Waals surface area contributed by atoms with Gasteiger partial charge in [0, 0.05) is 16.9 Å². The first-order chi connectivity index (χ1) is 15.5. The monoisotopic (exact) mass is 467 g/mol. The minimum atomic E-state index is -3.78. The number of amides is 2. The molecule has 2 amide bonds. The first-order valence-electron chi connectivity index (χ1n) is 10.1. The molecule has 3 aromatic carbocycles. The number of sulfonamides is 1. The number of hydrogen-bond donors (Lipinski definition) is 3. The zero-order valence-corrected chi connectivity index (χ0v) is 19.3. The molecule has 0 radical (unpaired) electrons. The third-order valence-corrected chi connectivity index (χ3v) is 6.41. The van der Waals surface area contributed by atoms with Gasteiger partial charge in [-0.15, -0.1) is 0 Å². The normalized spacial score (nSPS) is 11.0. The molecule has 0 fully saturated rings. The zero-order valence-electron chi connectivity index (χ0n) is 18.5. The molecule has 3 aromatic rings. The Morgan fingerprint density at radius 1 is 0.848 bits per heavy atom. The van der Waals surface area contributed by atoms with Gasteiger partial charge in [-0.25, -0.2) is 8.42 Å². The fraction of sp³-hybridized carbons (Fsp3) is 0.167. The predicted molar refractivity (Wildman–Crippen MR) is 127 cm³/mol. The van der Waals surface area contributed by atoms with Crippen LogP contribution in [0, 0.1) is 20.8 Å². The van der Waals surface area contributed by atoms with Crippen LogP contribution in [0.5, 0.6) is 5.75 Å². The van der Waals surface area contributed by atoms with Crippen LogP contribution in [-0.2, 0) is 14.8 Å². The van der Waals surface area contributed by atoms with Crippen LogP contribution < -0.4 is 20.5 Å². The first-order valence-corrected chi connectivity index (χ1v) is 11.6. The number of nitrogens with two attached hydrogens (primary N) is 1. The Labute approximate surface area is 192 Å². The highest BCUT2D eigenvalue weighted by Gasteiger charge is 2.16. The number of primary amides is 1. The van der Waals surface area contributed by atoms with E-state index in [1.165, 1.54) is 30.3 Å². The Hall–Kier alpha value is -3.85. The number of carbonyl (C=O) groups excluding carboxylic acids is 2. The number of rotatable bonds is 8. The van der Waals surface area contributed by atoms with E-state index in [4.69, 9.17) is 10.5 Å². The quantitative estimate of drug-likeness (QED) is 0.467. The Morgan fingerprint density at radius 3 is 2.12 bits per heavy atom. The lowest BCUT2D eigenvalue weighted by atomic mass is 10.1. The van der Waals surface area contributed by atoms with Gasteiger partial charge in [-0.1, -0.05) is 6.07 Å². The molecule has 8 nitrogen and oxygen atoms in total. The average Bonchev–Trinajstić information content (AvgIpc) is 2.75. The van der Waals surface area contributed by atoms with Crippen molar-refractivity contribution in [1.29, 1.82) is 0 Å². The molecule has 0 bridgehead atoms. The lowest BCUT2D eigenvalue weighted by Crippen LogP contribution is -2.20. The van der Waals surface area contributed by atoms with Gasteiger partial charge >= 0.3 is 0 Å². The summed E-state index contributed by atoms with van der Waals surface area (Å²) >= 11 is 0. The molecule has 0 aliphatic heterocycles. The summed E-state index contributed by atoms with van der Waals surface area (Å²) in [6.07, 6.45) is 0. The highest BCUT2D eigenvalue weighted by molar-refractivity contribution is 7.92. The Bertz CT molecular complexity index is 1300. The summed E-state index contributed by atoms with van der Waals surface area (Å²) in [6, 6.07) is 15.9. The van der Waals surface area contributed by atoms with E-state index in [0.717, 1.165) is 11.1 Å². The Kier molecular flexibility index (Phi) is 7.03. The van der Waals surface area contributed by atoms with Crippen LogP contribution in [0.3, 0.4) is 0 Å². The van der Waals surface area contributed by atoms with E-state index >= 15 is 0 Å². The molecule has 0 aliphatic rings. The SMILES string of the molecule is Cc1ccc(NS(=O)(=O)c2ccc(OCC(=O)Nc3ccc(C(N)=O)cc3)c(C)c2)cc1C. The minimum Gasteiger partial charge on any atom is -0.483 e. The fourth-order valence-corrected chi connectivity index (χ4v) is 4.16. The van der Waals surface area contributed by atoms with Crippen molar-refractivity contribution in [3.63, 3.8) is 0 Å². The van der Waals surface area contributed by atoms with Gasteiger partial charge in [0.15, 0.2) is 6.61 Å². The molecule has 9 heteroatoms. The summed E-state index contributed by atoms with van der Waals surface area (Å²) in [5, 5.41) is 2.65. The summed E-state index contributed by atoms with van der Waals surface area (Å²) < 4.78 is 33.6. The molecule has 0 aromatic heterocycles. The molecule has 0 saturated carbocycles. The highest BCUT2D eigenvalue weighted by atomic mass is 32.2. The van der Waals surface area contributed by atoms with Crippen LogP contribution in [0.2, 0.25) is 0 Å². The summed E-state index contributed by atoms with van der Waals surface area (Å²) in [6.45, 7) is 5.29. The standard InChI is InChI=1S/C24H25N3O5S/c1-15-4-7-20(12-16(15)2)27-33(30,31)21-10-11-22(17(3)13-21)32-14-23(28)26-19-8-5-18(6-9-19)24(25)29/h4-13,27H,14H2,1-3H3,(H2,25,29)(H,26,28). The highest BCUT2D eigenvalue weighted by Crippen LogP contribution is 2.24. The molecule has 0 unspecified atom stereocenters. The largest absolute Gasteiger partial charge is 0.483 e. The topological polar surface area (TPSA) is 128 Å². The third kappa shape index (κ3) is 6.11. The van der Waals surface area contributed by atoms with Crippen molar-refractivity contribution in [2.75, 3.05) is 16.6 Å². The van der Waals surface area contributed by atoms with Crippen LogP contribution in [0.25, 0.3) is 0 Å². The van der Waals surface area contributed by atoms with Crippen molar-refractivity contribution < 1.29 is 22.7 Å². The minimum absolute atomic E-state index is 0.0876. The maximum absolute atomic E-state index is 12.8. The van der Waals surface area contributed by atoms with E-state index in [1.54, 1.807) is 31.2 Å². The van der Waals surface area contributed by atoms with Crippen molar-refractivity contribution in [3.05, 3.63) is 82.9 Å². The summed E-state index contributed by atoms with van der Waals surface area (Å²) in [7, 11) is -3.78. The molecule has 172 valence electrons. The van der Waals surface area contributed by atoms with E-state index in [2.05, 4.69) is 10.0 Å². The van der Waals surface area contributed by atoms with Gasteiger partial charge in [-0.3, -0.25) is 14.3 Å². The first kappa shape index (κ1) is 23.8. The van der Waals surface area contributed by atoms with Gasteiger partial charge in [0.05, 0.1) is 4.90 Å². The number of anilines is 2. The molecule has 0 heterocycles. The Morgan fingerprint density at radius 2 is 1.52 bits per heavy atom. The number of aryl methyl sites for hydroxylation is 3. The van der Waals surface area contributed by atoms with Gasteiger partial charge in [-0.05, 0) is 92.1 Å². The van der Waals surface area contributed by atoms with E-state index in [-0.39, 0.29) is 11.5 Å². The second-order valence-corrected chi connectivity index (χ2v) is 9.29. The van der Waals surface area contributed by atoms with Crippen molar-refractivity contribution in [1.82, 2.24) is 0 Å². The van der Waals surface area contributed by atoms with Gasteiger partial charge in [0.1, 0.15) is 5.75 Å². The molecule has 0 atom stereocenters. The number of benzene rings is 3. The van der Waals surface area contributed by atoms with Gasteiger partial charge in [-0.2, -0.15) is 0 Å². The van der Waals surface area contributed by atoms with Gasteiger partial charge in [0.2, 0.25) is 5.91 Å². The van der Waals surface area contributed by atoms with Crippen molar-refractivity contribution >= 4 is 33.2 Å². The molecule has 0 spiro atoms. The van der Waals surface area contributed by atoms with E-state index in [0.29, 0.717) is 28.3 Å². The van der Waals surface area contributed by atoms with Crippen molar-refractivity contribution in [2.24, 2.45) is 5.73 Å². The van der Waals surface area contributed by atoms with Crippen LogP contribution in [0.4, 0.5) is 11.4 Å². The van der Waals surface area contributed by atoms with Crippen LogP contribution in [0.15, 0.2) is 65.6 Å². The van der Waals surface area contributed by atoms with Crippen LogP contribution in [-0.4, -0.2) is 26.8 Å². The summed E-state index contributed by atoms with van der Waals surface area (Å²) in [5.41, 5.74) is 9.12. The number of carbonyl (C=O) groups is 2. The third-order valence-electron chi connectivity index (χ3n) is 5.03. The van der Waals surface area contributed by atoms with Gasteiger partial charge in [0.25, 0.3) is 15.9 Å². The van der Waals surface area contributed by atoms with Crippen LogP contribution >= 0.6 is 0 Å². The molecule has 0 aliphatic carbocycles. The average molecular weight is 468 g/mol. The number of nitrogens with one attached hydrogen (secondary N) is 2. The second-order valence-electron chi connectivity index (χ2n) is 7.61. The smallest absolute Gasteiger partial charge is 0.262 e. The predicted octanol–water partition coefficient (Wildman–Crippen LogP) is 3.53. The summed E-state index contributed by atoms with van der Waals surface area (Å²) in [4.78, 5) is 23.4. The number of ether oxygens (including phenoxy) is 1. The van der Waals surface area contributed by atoms with Crippen molar-refractivity contribution in [2.45, 2.75) is 25.7 Å². The maximum Gasteiger partial charge on any atom is 0.262 e. The zero-order chi connectivity index (χ0) is 24.2. The van der Waals surface area contributed by atoms with Crippen molar-refractivity contribution in [3.8, 4) is 5.75 Å². The fourth-order valence-electron chi connectivity index (χ4n) is 3.03. The lowest BCUT2D eigenvalue weighted by Gasteiger charge is -2.13. The van der Waals surface area contributed by atoms with Gasteiger partial charge < -0.3 is 15.8 Å². The molecule has 3 rings (SSSR count). The molecule has 0 saturated heterocycles. The van der Waals surface area contributed by atoms with Crippen LogP contribution in [0.1, 0.15) is 27.0 Å². The second kappa shape index (κ2) is 9.74. The summed E-state index contributed by atoms with van der Waals surface area (Å²) in [5.74, 6) is -0.574. The van der Waals surface area contributed by atoms with E-state index in [1.807, 2.05) is 19.9 Å². The molecule has 33 heavy (non-hydrogen) atoms. The van der Waals surface area contributed by atoms with E-state index < -0.39 is 21.8 Å². The number of hydrogen-bond acceptors (Lipinski definition) is 5. The molecular weight excluding hydrogens is 442 g/mol.